The number of carbonyl (C=O) groups is 1. The molecule has 12 heteroatoms. The van der Waals surface area contributed by atoms with Crippen LogP contribution in [0.1, 0.15) is 11.1 Å². The summed E-state index contributed by atoms with van der Waals surface area (Å²) >= 11 is 6.00. The number of carbonyl (C=O) groups excluding carboxylic acids is 1. The number of hydrogen-bond acceptors (Lipinski definition) is 6. The first-order valence-electron chi connectivity index (χ1n) is 10.8. The van der Waals surface area contributed by atoms with E-state index in [0.717, 1.165) is 21.7 Å². The Morgan fingerprint density at radius 3 is 2.33 bits per heavy atom. The first-order valence-corrected chi connectivity index (χ1v) is 14.5. The van der Waals surface area contributed by atoms with E-state index in [-0.39, 0.29) is 22.9 Å². The number of fused-ring (bicyclic) bond motifs is 1. The van der Waals surface area contributed by atoms with E-state index in [4.69, 9.17) is 16.3 Å². The van der Waals surface area contributed by atoms with Crippen molar-refractivity contribution >= 4 is 54.6 Å². The number of sulfonamides is 2. The van der Waals surface area contributed by atoms with Crippen LogP contribution in [0.25, 0.3) is 0 Å². The molecule has 0 aromatic heterocycles. The third kappa shape index (κ3) is 5.58. The molecule has 0 spiro atoms. The van der Waals surface area contributed by atoms with E-state index in [1.54, 1.807) is 6.07 Å². The Kier molecular flexibility index (Phi) is 6.91. The van der Waals surface area contributed by atoms with Crippen molar-refractivity contribution < 1.29 is 26.4 Å². The smallest absolute Gasteiger partial charge is 0.267 e. The summed E-state index contributed by atoms with van der Waals surface area (Å²) in [6.45, 7) is 3.49. The molecule has 1 atom stereocenters. The van der Waals surface area contributed by atoms with Crippen LogP contribution in [0.5, 0.6) is 5.75 Å². The molecule has 1 aliphatic heterocycles. The lowest BCUT2D eigenvalue weighted by Crippen LogP contribution is -2.48. The molecule has 1 heterocycles. The molecular formula is C24H24ClN3O6S2. The van der Waals surface area contributed by atoms with E-state index in [1.165, 1.54) is 42.5 Å². The van der Waals surface area contributed by atoms with E-state index in [0.29, 0.717) is 16.4 Å². The monoisotopic (exact) mass is 549 g/mol. The van der Waals surface area contributed by atoms with Crippen molar-refractivity contribution in [1.29, 1.82) is 0 Å². The molecule has 0 aliphatic carbocycles. The van der Waals surface area contributed by atoms with Crippen molar-refractivity contribution in [1.82, 2.24) is 0 Å². The van der Waals surface area contributed by atoms with Crippen molar-refractivity contribution in [3.05, 3.63) is 76.8 Å². The van der Waals surface area contributed by atoms with Gasteiger partial charge in [-0.1, -0.05) is 29.3 Å². The molecule has 0 radical (unpaired) electrons. The van der Waals surface area contributed by atoms with Crippen LogP contribution in [-0.2, 0) is 24.8 Å². The zero-order valence-corrected chi connectivity index (χ0v) is 22.0. The summed E-state index contributed by atoms with van der Waals surface area (Å²) < 4.78 is 59.6. The Bertz CT molecular complexity index is 1540. The molecule has 4 rings (SSSR count). The van der Waals surface area contributed by atoms with Crippen LogP contribution in [0.3, 0.4) is 0 Å². The van der Waals surface area contributed by atoms with E-state index in [1.807, 2.05) is 26.0 Å². The van der Waals surface area contributed by atoms with Gasteiger partial charge in [-0.25, -0.2) is 16.8 Å². The Morgan fingerprint density at radius 1 is 1.00 bits per heavy atom. The average molecular weight is 550 g/mol. The van der Waals surface area contributed by atoms with Gasteiger partial charge in [0.25, 0.3) is 15.9 Å². The van der Waals surface area contributed by atoms with Crippen molar-refractivity contribution in [2.45, 2.75) is 24.8 Å². The lowest BCUT2D eigenvalue weighted by atomic mass is 10.1. The second-order valence-electron chi connectivity index (χ2n) is 8.45. The molecular weight excluding hydrogens is 526 g/mol. The van der Waals surface area contributed by atoms with Crippen LogP contribution in [0.15, 0.2) is 65.6 Å². The Balaban J connectivity index is 1.49. The summed E-state index contributed by atoms with van der Waals surface area (Å²) in [7, 11) is -7.55. The first kappa shape index (κ1) is 25.8. The highest BCUT2D eigenvalue weighted by Crippen LogP contribution is 2.37. The predicted molar refractivity (Wildman–Crippen MR) is 140 cm³/mol. The molecule has 1 amide bonds. The minimum Gasteiger partial charge on any atom is -0.476 e. The molecule has 36 heavy (non-hydrogen) atoms. The van der Waals surface area contributed by atoms with Gasteiger partial charge in [-0.15, -0.1) is 0 Å². The summed E-state index contributed by atoms with van der Waals surface area (Å²) in [5, 5.41) is 2.97. The molecule has 9 nitrogen and oxygen atoms in total. The molecule has 1 aliphatic rings. The number of benzene rings is 3. The quantitative estimate of drug-likeness (QED) is 0.480. The number of nitrogens with one attached hydrogen (secondary N) is 2. The zero-order chi connectivity index (χ0) is 26.3. The number of ether oxygens (including phenoxy) is 1. The van der Waals surface area contributed by atoms with E-state index in [9.17, 15) is 21.6 Å². The van der Waals surface area contributed by atoms with Crippen LogP contribution in [0.4, 0.5) is 17.1 Å². The van der Waals surface area contributed by atoms with Crippen molar-refractivity contribution in [2.75, 3.05) is 27.1 Å². The van der Waals surface area contributed by atoms with Gasteiger partial charge < -0.3 is 10.1 Å². The minimum atomic E-state index is -3.85. The van der Waals surface area contributed by atoms with Gasteiger partial charge in [0.05, 0.1) is 29.1 Å². The number of halogens is 1. The van der Waals surface area contributed by atoms with Crippen LogP contribution >= 0.6 is 11.6 Å². The fourth-order valence-corrected chi connectivity index (χ4v) is 5.95. The summed E-state index contributed by atoms with van der Waals surface area (Å²) in [6, 6.07) is 15.5. The topological polar surface area (TPSA) is 122 Å². The van der Waals surface area contributed by atoms with Crippen LogP contribution in [0.2, 0.25) is 5.02 Å². The molecule has 0 fully saturated rings. The maximum atomic E-state index is 12.9. The maximum Gasteiger partial charge on any atom is 0.267 e. The molecule has 190 valence electrons. The third-order valence-electron chi connectivity index (χ3n) is 5.54. The second-order valence-corrected chi connectivity index (χ2v) is 12.5. The number of nitrogens with zero attached hydrogens (tertiary/aromatic N) is 1. The standard InChI is InChI=1S/C24H24ClN3O6S2/c1-15-4-10-20(16(2)12-15)27-36(32,33)19-8-6-18(7-9-19)26-24(29)23-14-28(35(3,30)31)21-13-17(25)5-11-22(21)34-23/h4-13,23,27H,14H2,1-3H3,(H,26,29). The van der Waals surface area contributed by atoms with E-state index in [2.05, 4.69) is 10.0 Å². The Labute approximate surface area is 215 Å². The van der Waals surface area contributed by atoms with Gasteiger partial charge in [0, 0.05) is 10.7 Å². The van der Waals surface area contributed by atoms with Crippen molar-refractivity contribution in [3.63, 3.8) is 0 Å². The fraction of sp³-hybridized carbons (Fsp3) is 0.208. The molecule has 3 aromatic carbocycles. The SMILES string of the molecule is Cc1ccc(NS(=O)(=O)c2ccc(NC(=O)C3CN(S(C)(=O)=O)c4cc(Cl)ccc4O3)cc2)c(C)c1. The van der Waals surface area contributed by atoms with Gasteiger partial charge in [-0.2, -0.15) is 0 Å². The van der Waals surface area contributed by atoms with Gasteiger partial charge in [0.15, 0.2) is 6.10 Å². The molecule has 3 aromatic rings. The summed E-state index contributed by atoms with van der Waals surface area (Å²) in [5.74, 6) is -0.386. The van der Waals surface area contributed by atoms with Crippen LogP contribution < -0.4 is 19.1 Å². The van der Waals surface area contributed by atoms with E-state index < -0.39 is 32.1 Å². The second kappa shape index (κ2) is 9.64. The third-order valence-corrected chi connectivity index (χ3v) is 8.30. The van der Waals surface area contributed by atoms with Crippen molar-refractivity contribution in [3.8, 4) is 5.75 Å². The summed E-state index contributed by atoms with van der Waals surface area (Å²) in [6.07, 6.45) is -0.105. The summed E-state index contributed by atoms with van der Waals surface area (Å²) in [4.78, 5) is 12.9. The van der Waals surface area contributed by atoms with Crippen LogP contribution in [-0.4, -0.2) is 41.6 Å². The summed E-state index contributed by atoms with van der Waals surface area (Å²) in [5.41, 5.74) is 2.86. The minimum absolute atomic E-state index is 0.0171. The first-order chi connectivity index (χ1) is 16.8. The normalized spacial score (nSPS) is 15.6. The van der Waals surface area contributed by atoms with Gasteiger partial charge >= 0.3 is 0 Å². The number of amides is 1. The molecule has 0 bridgehead atoms. The van der Waals surface area contributed by atoms with Gasteiger partial charge in [-0.3, -0.25) is 13.8 Å². The highest BCUT2D eigenvalue weighted by Gasteiger charge is 2.35. The highest BCUT2D eigenvalue weighted by molar-refractivity contribution is 7.92. The van der Waals surface area contributed by atoms with Gasteiger partial charge in [0.1, 0.15) is 5.75 Å². The Morgan fingerprint density at radius 2 is 1.69 bits per heavy atom. The zero-order valence-electron chi connectivity index (χ0n) is 19.6. The van der Waals surface area contributed by atoms with Crippen molar-refractivity contribution in [2.24, 2.45) is 0 Å². The van der Waals surface area contributed by atoms with Gasteiger partial charge in [0.2, 0.25) is 10.0 Å². The number of anilines is 3. The average Bonchev–Trinajstić information content (AvgIpc) is 2.80. The van der Waals surface area contributed by atoms with E-state index >= 15 is 0 Å². The number of hydrogen-bond donors (Lipinski definition) is 2. The lowest BCUT2D eigenvalue weighted by molar-refractivity contribution is -0.122. The van der Waals surface area contributed by atoms with Crippen LogP contribution in [0, 0.1) is 13.8 Å². The maximum absolute atomic E-state index is 12.9. The molecule has 1 unspecified atom stereocenters. The van der Waals surface area contributed by atoms with Gasteiger partial charge in [-0.05, 0) is 67.9 Å². The largest absolute Gasteiger partial charge is 0.476 e. The molecule has 0 saturated heterocycles. The fourth-order valence-electron chi connectivity index (χ4n) is 3.75. The Hall–Kier alpha value is -3.28. The lowest BCUT2D eigenvalue weighted by Gasteiger charge is -2.34. The highest BCUT2D eigenvalue weighted by atomic mass is 35.5. The molecule has 0 saturated carbocycles. The number of aryl methyl sites for hydroxylation is 2. The predicted octanol–water partition coefficient (Wildman–Crippen LogP) is 3.92. The number of rotatable bonds is 6. The molecule has 2 N–H and O–H groups in total.